The Kier molecular flexibility index (Phi) is 3.71. The first kappa shape index (κ1) is 14.1. The van der Waals surface area contributed by atoms with Gasteiger partial charge in [0.2, 0.25) is 5.89 Å². The molecule has 1 saturated carbocycles. The summed E-state index contributed by atoms with van der Waals surface area (Å²) in [5, 5.41) is 6.74. The van der Waals surface area contributed by atoms with Gasteiger partial charge in [-0.1, -0.05) is 5.16 Å². The van der Waals surface area contributed by atoms with Crippen LogP contribution in [0.3, 0.4) is 0 Å². The fourth-order valence-corrected chi connectivity index (χ4v) is 2.05. The van der Waals surface area contributed by atoms with E-state index < -0.39 is 17.2 Å². The molecule has 7 heteroatoms. The number of hydrogen-bond acceptors (Lipinski definition) is 5. The van der Waals surface area contributed by atoms with Crippen molar-refractivity contribution in [2.45, 2.75) is 57.1 Å². The van der Waals surface area contributed by atoms with Crippen LogP contribution in [0.15, 0.2) is 4.52 Å². The number of rotatable bonds is 3. The van der Waals surface area contributed by atoms with E-state index in [1.165, 1.54) is 0 Å². The predicted molar refractivity (Wildman–Crippen MR) is 68.8 cm³/mol. The Morgan fingerprint density at radius 1 is 1.53 bits per heavy atom. The van der Waals surface area contributed by atoms with E-state index >= 15 is 0 Å². The number of carbonyl (C=O) groups is 1. The van der Waals surface area contributed by atoms with Gasteiger partial charge in [-0.25, -0.2) is 4.79 Å². The number of alkyl halides is 1. The average molecular weight is 288 g/mol. The largest absolute Gasteiger partial charge is 0.444 e. The highest BCUT2D eigenvalue weighted by Crippen LogP contribution is 2.40. The van der Waals surface area contributed by atoms with Gasteiger partial charge in [0.25, 0.3) is 0 Å². The van der Waals surface area contributed by atoms with E-state index in [2.05, 4.69) is 15.5 Å². The summed E-state index contributed by atoms with van der Waals surface area (Å²) in [4.78, 5) is 16.1. The second kappa shape index (κ2) is 5.00. The van der Waals surface area contributed by atoms with Crippen molar-refractivity contribution in [3.63, 3.8) is 0 Å². The number of amides is 1. The standard InChI is InChI=1S/C12H18ClN3O3/c1-11(2,3)18-10(17)15-12(5-4-6-12)9-14-8(7-13)19-16-9/h4-7H2,1-3H3,(H,15,17). The van der Waals surface area contributed by atoms with Gasteiger partial charge in [-0.05, 0) is 40.0 Å². The van der Waals surface area contributed by atoms with Gasteiger partial charge in [0.1, 0.15) is 17.0 Å². The summed E-state index contributed by atoms with van der Waals surface area (Å²) in [5.41, 5.74) is -1.11. The molecule has 0 bridgehead atoms. The van der Waals surface area contributed by atoms with Crippen LogP contribution in [0.1, 0.15) is 51.7 Å². The van der Waals surface area contributed by atoms with E-state index in [4.69, 9.17) is 20.9 Å². The molecule has 1 amide bonds. The molecule has 2 rings (SSSR count). The van der Waals surface area contributed by atoms with E-state index in [9.17, 15) is 4.79 Å². The summed E-state index contributed by atoms with van der Waals surface area (Å²) >= 11 is 5.64. The van der Waals surface area contributed by atoms with Crippen LogP contribution in [-0.2, 0) is 16.2 Å². The Morgan fingerprint density at radius 2 is 2.21 bits per heavy atom. The van der Waals surface area contributed by atoms with Crippen LogP contribution in [-0.4, -0.2) is 21.8 Å². The van der Waals surface area contributed by atoms with Crippen molar-refractivity contribution in [3.8, 4) is 0 Å². The molecular formula is C12H18ClN3O3. The molecule has 1 aliphatic rings. The summed E-state index contributed by atoms with van der Waals surface area (Å²) < 4.78 is 10.3. The summed E-state index contributed by atoms with van der Waals surface area (Å²) in [6, 6.07) is 0. The minimum atomic E-state index is -0.573. The Hall–Kier alpha value is -1.30. The van der Waals surface area contributed by atoms with Gasteiger partial charge in [0.05, 0.1) is 0 Å². The second-order valence-electron chi connectivity index (χ2n) is 5.71. The van der Waals surface area contributed by atoms with Crippen molar-refractivity contribution >= 4 is 17.7 Å². The lowest BCUT2D eigenvalue weighted by Gasteiger charge is -2.39. The molecular weight excluding hydrogens is 270 g/mol. The van der Waals surface area contributed by atoms with Gasteiger partial charge in [-0.2, -0.15) is 4.98 Å². The van der Waals surface area contributed by atoms with E-state index in [1.807, 2.05) is 20.8 Å². The lowest BCUT2D eigenvalue weighted by molar-refractivity contribution is 0.0362. The molecule has 1 aromatic rings. The first-order valence-corrected chi connectivity index (χ1v) is 6.78. The number of halogens is 1. The first-order chi connectivity index (χ1) is 8.85. The minimum Gasteiger partial charge on any atom is -0.444 e. The number of hydrogen-bond donors (Lipinski definition) is 1. The maximum absolute atomic E-state index is 11.9. The van der Waals surface area contributed by atoms with Crippen molar-refractivity contribution in [2.24, 2.45) is 0 Å². The van der Waals surface area contributed by atoms with E-state index in [0.717, 1.165) is 19.3 Å². The van der Waals surface area contributed by atoms with Gasteiger partial charge in [-0.15, -0.1) is 11.6 Å². The topological polar surface area (TPSA) is 77.2 Å². The molecule has 1 N–H and O–H groups in total. The zero-order valence-corrected chi connectivity index (χ0v) is 12.1. The minimum absolute atomic E-state index is 0.162. The molecule has 0 spiro atoms. The van der Waals surface area contributed by atoms with Gasteiger partial charge >= 0.3 is 6.09 Å². The highest BCUT2D eigenvalue weighted by Gasteiger charge is 2.45. The summed E-state index contributed by atoms with van der Waals surface area (Å²) in [6.45, 7) is 5.46. The molecule has 6 nitrogen and oxygen atoms in total. The van der Waals surface area contributed by atoms with Crippen LogP contribution in [0.5, 0.6) is 0 Å². The van der Waals surface area contributed by atoms with Crippen molar-refractivity contribution in [3.05, 3.63) is 11.7 Å². The van der Waals surface area contributed by atoms with Crippen molar-refractivity contribution in [1.29, 1.82) is 0 Å². The Labute approximate surface area is 116 Å². The molecule has 19 heavy (non-hydrogen) atoms. The van der Waals surface area contributed by atoms with Crippen LogP contribution in [0.2, 0.25) is 0 Å². The molecule has 0 aromatic carbocycles. The van der Waals surface area contributed by atoms with Gasteiger partial charge in [0.15, 0.2) is 5.82 Å². The number of alkyl carbamates (subject to hydrolysis) is 1. The molecule has 1 fully saturated rings. The second-order valence-corrected chi connectivity index (χ2v) is 5.98. The van der Waals surface area contributed by atoms with Crippen LogP contribution < -0.4 is 5.32 Å². The highest BCUT2D eigenvalue weighted by atomic mass is 35.5. The monoisotopic (exact) mass is 287 g/mol. The van der Waals surface area contributed by atoms with Crippen molar-refractivity contribution < 1.29 is 14.1 Å². The third-order valence-electron chi connectivity index (χ3n) is 2.96. The van der Waals surface area contributed by atoms with E-state index in [1.54, 1.807) is 0 Å². The smallest absolute Gasteiger partial charge is 0.408 e. The maximum Gasteiger partial charge on any atom is 0.408 e. The number of nitrogens with zero attached hydrogens (tertiary/aromatic N) is 2. The highest BCUT2D eigenvalue weighted by molar-refractivity contribution is 6.16. The zero-order chi connectivity index (χ0) is 14.1. The van der Waals surface area contributed by atoms with Gasteiger partial charge in [0, 0.05) is 0 Å². The molecule has 0 aliphatic heterocycles. The van der Waals surface area contributed by atoms with Gasteiger partial charge < -0.3 is 14.6 Å². The normalized spacial score (nSPS) is 17.7. The first-order valence-electron chi connectivity index (χ1n) is 6.25. The average Bonchev–Trinajstić information content (AvgIpc) is 2.69. The lowest BCUT2D eigenvalue weighted by Crippen LogP contribution is -2.52. The molecule has 1 heterocycles. The maximum atomic E-state index is 11.9. The summed E-state index contributed by atoms with van der Waals surface area (Å²) in [6.07, 6.45) is 2.08. The quantitative estimate of drug-likeness (QED) is 0.865. The van der Waals surface area contributed by atoms with Crippen molar-refractivity contribution in [1.82, 2.24) is 15.5 Å². The van der Waals surface area contributed by atoms with Gasteiger partial charge in [-0.3, -0.25) is 0 Å². The van der Waals surface area contributed by atoms with Crippen LogP contribution in [0.4, 0.5) is 4.79 Å². The van der Waals surface area contributed by atoms with Crippen LogP contribution in [0.25, 0.3) is 0 Å². The molecule has 106 valence electrons. The number of carbonyl (C=O) groups excluding carboxylic acids is 1. The van der Waals surface area contributed by atoms with E-state index in [0.29, 0.717) is 11.7 Å². The molecule has 0 radical (unpaired) electrons. The Bertz CT molecular complexity index is 463. The molecule has 0 saturated heterocycles. The number of ether oxygens (including phenoxy) is 1. The van der Waals surface area contributed by atoms with Crippen LogP contribution >= 0.6 is 11.6 Å². The fourth-order valence-electron chi connectivity index (χ4n) is 1.94. The lowest BCUT2D eigenvalue weighted by atomic mass is 9.76. The molecule has 1 aromatic heterocycles. The number of aromatic nitrogens is 2. The number of nitrogens with one attached hydrogen (secondary N) is 1. The SMILES string of the molecule is CC(C)(C)OC(=O)NC1(c2noc(CCl)n2)CCC1. The zero-order valence-electron chi connectivity index (χ0n) is 11.3. The predicted octanol–water partition coefficient (Wildman–Crippen LogP) is 2.71. The van der Waals surface area contributed by atoms with Crippen LogP contribution in [0, 0.1) is 0 Å². The van der Waals surface area contributed by atoms with E-state index in [-0.39, 0.29) is 5.88 Å². The summed E-state index contributed by atoms with van der Waals surface area (Å²) in [5.74, 6) is 0.990. The molecule has 0 atom stereocenters. The van der Waals surface area contributed by atoms with Crippen molar-refractivity contribution in [2.75, 3.05) is 0 Å². The third-order valence-corrected chi connectivity index (χ3v) is 3.19. The molecule has 0 unspecified atom stereocenters. The summed E-state index contributed by atoms with van der Waals surface area (Å²) in [7, 11) is 0. The third kappa shape index (κ3) is 3.18. The Balaban J connectivity index is 2.08. The fraction of sp³-hybridized carbons (Fsp3) is 0.750. The Morgan fingerprint density at radius 3 is 2.63 bits per heavy atom. The molecule has 1 aliphatic carbocycles.